The first-order valence-corrected chi connectivity index (χ1v) is 18.3. The van der Waals surface area contributed by atoms with Crippen molar-refractivity contribution in [2.75, 3.05) is 18.1 Å². The van der Waals surface area contributed by atoms with Crippen molar-refractivity contribution >= 4 is 50.6 Å². The van der Waals surface area contributed by atoms with E-state index in [1.54, 1.807) is 6.07 Å². The SMILES string of the molecule is CCCC[C@H](NC(=O)OC(c1ccccc1)C(C)(C)c1cccc(Cl)c1)C(=O)N[C@@H](C[C@@H]1CCNC1=O)C(=O)C(C#N)=S1CCCC1. The van der Waals surface area contributed by atoms with Crippen LogP contribution in [-0.4, -0.2) is 58.7 Å². The van der Waals surface area contributed by atoms with Crippen LogP contribution in [0, 0.1) is 17.2 Å². The summed E-state index contributed by atoms with van der Waals surface area (Å²) >= 11 is 6.32. The molecule has 0 aliphatic carbocycles. The zero-order valence-corrected chi connectivity index (χ0v) is 28.9. The summed E-state index contributed by atoms with van der Waals surface area (Å²) in [5.74, 6) is -0.0555. The Labute approximate surface area is 285 Å². The van der Waals surface area contributed by atoms with Gasteiger partial charge in [-0.2, -0.15) is 15.7 Å². The van der Waals surface area contributed by atoms with Crippen LogP contribution in [0.2, 0.25) is 5.02 Å². The highest BCUT2D eigenvalue weighted by molar-refractivity contribution is 8.17. The summed E-state index contributed by atoms with van der Waals surface area (Å²) in [7, 11) is -0.462. The van der Waals surface area contributed by atoms with Gasteiger partial charge in [-0.15, -0.1) is 0 Å². The van der Waals surface area contributed by atoms with E-state index in [1.807, 2.05) is 69.3 Å². The van der Waals surface area contributed by atoms with Gasteiger partial charge in [0.1, 0.15) is 23.1 Å². The lowest BCUT2D eigenvalue weighted by atomic mass is 9.76. The van der Waals surface area contributed by atoms with Crippen molar-refractivity contribution < 1.29 is 23.9 Å². The second-order valence-electron chi connectivity index (χ2n) is 12.8. The minimum Gasteiger partial charge on any atom is -0.440 e. The molecular weight excluding hydrogens is 636 g/mol. The Kier molecular flexibility index (Phi) is 13.0. The number of benzene rings is 2. The monoisotopic (exact) mass is 680 g/mol. The van der Waals surface area contributed by atoms with Crippen LogP contribution in [0.5, 0.6) is 0 Å². The lowest BCUT2D eigenvalue weighted by Crippen LogP contribution is -2.53. The number of amides is 3. The van der Waals surface area contributed by atoms with Crippen molar-refractivity contribution in [2.45, 2.75) is 89.3 Å². The third-order valence-electron chi connectivity index (χ3n) is 8.97. The number of halogens is 1. The van der Waals surface area contributed by atoms with E-state index in [0.717, 1.165) is 41.9 Å². The van der Waals surface area contributed by atoms with Crippen LogP contribution in [-0.2, 0) is 24.5 Å². The van der Waals surface area contributed by atoms with Gasteiger partial charge < -0.3 is 20.7 Å². The molecule has 1 unspecified atom stereocenters. The third kappa shape index (κ3) is 9.45. The van der Waals surface area contributed by atoms with E-state index in [2.05, 4.69) is 22.0 Å². The second-order valence-corrected chi connectivity index (χ2v) is 15.4. The zero-order chi connectivity index (χ0) is 34.0. The minimum atomic E-state index is -1.06. The van der Waals surface area contributed by atoms with E-state index >= 15 is 0 Å². The van der Waals surface area contributed by atoms with Crippen LogP contribution in [0.1, 0.15) is 82.9 Å². The summed E-state index contributed by atoms with van der Waals surface area (Å²) < 4.78 is 6.11. The number of carbonyl (C=O) groups excluding carboxylic acids is 4. The van der Waals surface area contributed by atoms with Crippen LogP contribution in [0.25, 0.3) is 0 Å². The van der Waals surface area contributed by atoms with E-state index in [4.69, 9.17) is 16.3 Å². The highest BCUT2D eigenvalue weighted by atomic mass is 35.5. The van der Waals surface area contributed by atoms with E-state index in [-0.39, 0.29) is 17.2 Å². The molecule has 0 aromatic heterocycles. The molecule has 2 aliphatic heterocycles. The summed E-state index contributed by atoms with van der Waals surface area (Å²) in [4.78, 5) is 53.9. The molecule has 3 N–H and O–H groups in total. The van der Waals surface area contributed by atoms with E-state index in [0.29, 0.717) is 30.8 Å². The number of carbonyl (C=O) groups is 4. The molecule has 0 radical (unpaired) electrons. The average molecular weight is 681 g/mol. The third-order valence-corrected chi connectivity index (χ3v) is 11.6. The average Bonchev–Trinajstić information content (AvgIpc) is 3.74. The molecule has 2 aromatic carbocycles. The van der Waals surface area contributed by atoms with Crippen LogP contribution in [0.3, 0.4) is 0 Å². The molecular formula is C36H45ClN4O5S. The molecule has 2 saturated heterocycles. The second kappa shape index (κ2) is 16.9. The largest absolute Gasteiger partial charge is 0.440 e. The molecule has 2 heterocycles. The molecule has 0 saturated carbocycles. The summed E-state index contributed by atoms with van der Waals surface area (Å²) in [6.45, 7) is 6.41. The maximum absolute atomic E-state index is 13.9. The summed E-state index contributed by atoms with van der Waals surface area (Å²) in [6, 6.07) is 16.9. The fourth-order valence-corrected chi connectivity index (χ4v) is 8.66. The van der Waals surface area contributed by atoms with E-state index < -0.39 is 57.8 Å². The van der Waals surface area contributed by atoms with Crippen LogP contribution in [0.15, 0.2) is 54.6 Å². The van der Waals surface area contributed by atoms with Gasteiger partial charge in [-0.1, -0.05) is 87.7 Å². The first kappa shape index (κ1) is 36.2. The molecule has 4 atom stereocenters. The van der Waals surface area contributed by atoms with Gasteiger partial charge in [-0.25, -0.2) is 4.79 Å². The molecule has 47 heavy (non-hydrogen) atoms. The standard InChI is InChI=1S/C36H45ClN4O5S/c1-4-5-16-28(34(44)40-29(21-25-17-18-39-33(25)43)31(42)30(23-38)47-19-9-10-20-47)41-35(45)46-32(24-12-7-6-8-13-24)36(2,3)26-14-11-15-27(37)22-26/h6-8,11-15,22,25,28-29,32H,4-5,9-10,16-21H2,1-3H3,(H,39,43)(H,40,44)(H,41,45)/t25-,28-,29-,32?/m0/s1. The molecule has 4 rings (SSSR count). The van der Waals surface area contributed by atoms with Crippen molar-refractivity contribution in [3.63, 3.8) is 0 Å². The predicted molar refractivity (Wildman–Crippen MR) is 186 cm³/mol. The van der Waals surface area contributed by atoms with Crippen molar-refractivity contribution in [1.29, 1.82) is 5.26 Å². The van der Waals surface area contributed by atoms with Crippen molar-refractivity contribution in [1.82, 2.24) is 16.0 Å². The first-order valence-electron chi connectivity index (χ1n) is 16.4. The molecule has 11 heteroatoms. The highest BCUT2D eigenvalue weighted by Gasteiger charge is 2.38. The molecule has 0 bridgehead atoms. The Balaban J connectivity index is 1.57. The number of ether oxygens (including phenoxy) is 1. The van der Waals surface area contributed by atoms with Gasteiger partial charge >= 0.3 is 6.09 Å². The number of Topliss-reactive ketones (excluding diaryl/α,β-unsaturated/α-hetero) is 1. The molecule has 2 aliphatic rings. The molecule has 252 valence electrons. The maximum atomic E-state index is 13.9. The summed E-state index contributed by atoms with van der Waals surface area (Å²) in [5, 5.41) is 18.9. The number of hydrogen-bond acceptors (Lipinski definition) is 6. The van der Waals surface area contributed by atoms with Crippen molar-refractivity contribution in [3.8, 4) is 6.07 Å². The lowest BCUT2D eigenvalue weighted by Gasteiger charge is -2.35. The summed E-state index contributed by atoms with van der Waals surface area (Å²) in [6.07, 6.45) is 2.75. The zero-order valence-electron chi connectivity index (χ0n) is 27.4. The van der Waals surface area contributed by atoms with Gasteiger partial charge in [0.15, 0.2) is 0 Å². The molecule has 3 amide bonds. The Morgan fingerprint density at radius 1 is 1.09 bits per heavy atom. The topological polar surface area (TPSA) is 137 Å². The van der Waals surface area contributed by atoms with Gasteiger partial charge in [-0.05, 0) is 66.9 Å². The number of nitriles is 1. The normalized spacial score (nSPS) is 18.4. The van der Waals surface area contributed by atoms with Gasteiger partial charge in [0.05, 0.1) is 6.04 Å². The molecule has 0 spiro atoms. The number of hydrogen-bond donors (Lipinski definition) is 3. The predicted octanol–water partition coefficient (Wildman–Crippen LogP) is 5.98. The lowest BCUT2D eigenvalue weighted by molar-refractivity contribution is -0.128. The maximum Gasteiger partial charge on any atom is 0.408 e. The number of unbranched alkanes of at least 4 members (excludes halogenated alkanes) is 1. The van der Waals surface area contributed by atoms with Crippen LogP contribution >= 0.6 is 22.1 Å². The molecule has 9 nitrogen and oxygen atoms in total. The number of rotatable bonds is 14. The fourth-order valence-electron chi connectivity index (χ4n) is 6.20. The number of nitrogens with zero attached hydrogens (tertiary/aromatic N) is 1. The number of alkyl carbamates (subject to hydrolysis) is 1. The quantitative estimate of drug-likeness (QED) is 0.210. The molecule has 2 fully saturated rings. The van der Waals surface area contributed by atoms with E-state index in [1.165, 1.54) is 0 Å². The Bertz CT molecular complexity index is 1510. The fraction of sp³-hybridized carbons (Fsp3) is 0.500. The Morgan fingerprint density at radius 3 is 2.43 bits per heavy atom. The first-order chi connectivity index (χ1) is 22.5. The van der Waals surface area contributed by atoms with Gasteiger partial charge in [0.25, 0.3) is 0 Å². The Hall–Kier alpha value is -3.68. The Morgan fingerprint density at radius 2 is 1.81 bits per heavy atom. The van der Waals surface area contributed by atoms with Crippen molar-refractivity contribution in [3.05, 3.63) is 70.7 Å². The number of nitrogens with one attached hydrogen (secondary N) is 3. The van der Waals surface area contributed by atoms with Crippen molar-refractivity contribution in [2.24, 2.45) is 5.92 Å². The smallest absolute Gasteiger partial charge is 0.408 e. The number of ketones is 1. The highest BCUT2D eigenvalue weighted by Crippen LogP contribution is 2.40. The van der Waals surface area contributed by atoms with E-state index in [9.17, 15) is 24.4 Å². The van der Waals surface area contributed by atoms with Gasteiger partial charge in [0, 0.05) is 22.9 Å². The van der Waals surface area contributed by atoms with Crippen LogP contribution in [0.4, 0.5) is 4.79 Å². The van der Waals surface area contributed by atoms with Gasteiger partial charge in [0.2, 0.25) is 17.6 Å². The molecule has 2 aromatic rings. The summed E-state index contributed by atoms with van der Waals surface area (Å²) in [5.41, 5.74) is 0.945. The minimum absolute atomic E-state index is 0.0909. The van der Waals surface area contributed by atoms with Gasteiger partial charge in [-0.3, -0.25) is 14.4 Å². The van der Waals surface area contributed by atoms with Crippen LogP contribution < -0.4 is 16.0 Å².